The number of thioether (sulfide) groups is 1. The third-order valence-electron chi connectivity index (χ3n) is 5.72. The molecule has 0 radical (unpaired) electrons. The molecule has 0 saturated heterocycles. The number of methoxy groups -OCH3 is 2. The summed E-state index contributed by atoms with van der Waals surface area (Å²) in [7, 11) is 3.20. The molecule has 35 heavy (non-hydrogen) atoms. The molecule has 180 valence electrons. The molecule has 0 bridgehead atoms. The first-order valence-corrected chi connectivity index (χ1v) is 12.1. The van der Waals surface area contributed by atoms with Gasteiger partial charge in [0.05, 0.1) is 25.4 Å². The maximum absolute atomic E-state index is 13.3. The summed E-state index contributed by atoms with van der Waals surface area (Å²) in [6.45, 7) is 4.70. The van der Waals surface area contributed by atoms with Crippen molar-refractivity contribution < 1.29 is 13.9 Å². The highest BCUT2D eigenvalue weighted by molar-refractivity contribution is 7.98. The van der Waals surface area contributed by atoms with Crippen molar-refractivity contribution in [3.63, 3.8) is 0 Å². The van der Waals surface area contributed by atoms with Crippen LogP contribution in [0.1, 0.15) is 22.8 Å². The summed E-state index contributed by atoms with van der Waals surface area (Å²) in [5, 5.41) is 10.8. The number of nitrogens with zero attached hydrogens (tertiary/aromatic N) is 6. The Morgan fingerprint density at radius 2 is 1.69 bits per heavy atom. The van der Waals surface area contributed by atoms with Crippen molar-refractivity contribution >= 4 is 28.3 Å². The van der Waals surface area contributed by atoms with Crippen LogP contribution < -0.4 is 9.47 Å². The zero-order valence-corrected chi connectivity index (χ0v) is 20.8. The average molecular weight is 493 g/mol. The van der Waals surface area contributed by atoms with Gasteiger partial charge in [-0.1, -0.05) is 23.9 Å². The smallest absolute Gasteiger partial charge is 0.191 e. The minimum atomic E-state index is -0.255. The van der Waals surface area contributed by atoms with E-state index in [-0.39, 0.29) is 5.82 Å². The fraction of sp³-hybridized carbons (Fsp3) is 0.280. The molecular weight excluding hydrogens is 467 g/mol. The summed E-state index contributed by atoms with van der Waals surface area (Å²) < 4.78 is 28.1. The Balaban J connectivity index is 1.55. The fourth-order valence-corrected chi connectivity index (χ4v) is 4.89. The molecule has 2 aromatic carbocycles. The highest BCUT2D eigenvalue weighted by Gasteiger charge is 2.17. The fourth-order valence-electron chi connectivity index (χ4n) is 3.99. The van der Waals surface area contributed by atoms with Crippen molar-refractivity contribution in [3.8, 4) is 11.5 Å². The zero-order valence-electron chi connectivity index (χ0n) is 19.9. The molecule has 10 heteroatoms. The molecule has 0 atom stereocenters. The van der Waals surface area contributed by atoms with E-state index in [1.807, 2.05) is 30.7 Å². The van der Waals surface area contributed by atoms with Gasteiger partial charge in [-0.3, -0.25) is 4.68 Å². The maximum Gasteiger partial charge on any atom is 0.191 e. The number of ether oxygens (including phenoxy) is 2. The number of aromatic nitrogens is 6. The van der Waals surface area contributed by atoms with Gasteiger partial charge in [0.1, 0.15) is 5.82 Å². The van der Waals surface area contributed by atoms with E-state index in [9.17, 15) is 4.39 Å². The first-order chi connectivity index (χ1) is 16.9. The van der Waals surface area contributed by atoms with E-state index in [0.717, 1.165) is 27.9 Å². The third-order valence-corrected chi connectivity index (χ3v) is 6.72. The second kappa shape index (κ2) is 9.53. The minimum Gasteiger partial charge on any atom is -0.493 e. The van der Waals surface area contributed by atoms with Gasteiger partial charge in [-0.05, 0) is 43.7 Å². The molecular formula is C25H25FN6O2S. The monoisotopic (exact) mass is 492 g/mol. The van der Waals surface area contributed by atoms with Crippen LogP contribution >= 0.6 is 11.8 Å². The zero-order chi connectivity index (χ0) is 24.5. The summed E-state index contributed by atoms with van der Waals surface area (Å²) in [4.78, 5) is 9.73. The number of halogens is 1. The van der Waals surface area contributed by atoms with E-state index in [1.54, 1.807) is 30.9 Å². The van der Waals surface area contributed by atoms with Crippen molar-refractivity contribution in [2.45, 2.75) is 37.7 Å². The van der Waals surface area contributed by atoms with Crippen LogP contribution in [-0.2, 0) is 18.7 Å². The Labute approximate surface area is 206 Å². The summed E-state index contributed by atoms with van der Waals surface area (Å²) >= 11 is 1.52. The largest absolute Gasteiger partial charge is 0.493 e. The van der Waals surface area contributed by atoms with Gasteiger partial charge >= 0.3 is 0 Å². The molecule has 0 aliphatic rings. The van der Waals surface area contributed by atoms with Crippen LogP contribution in [0.15, 0.2) is 47.6 Å². The van der Waals surface area contributed by atoms with Gasteiger partial charge < -0.3 is 9.47 Å². The van der Waals surface area contributed by atoms with Crippen LogP contribution in [0.2, 0.25) is 0 Å². The maximum atomic E-state index is 13.3. The van der Waals surface area contributed by atoms with E-state index in [0.29, 0.717) is 46.8 Å². The van der Waals surface area contributed by atoms with Crippen molar-refractivity contribution in [1.82, 2.24) is 29.4 Å². The lowest BCUT2D eigenvalue weighted by Crippen LogP contribution is -2.06. The standard InChI is InChI=1S/C25H25FN6O2S/c1-15-11-16(2)31(29-15)10-9-23-28-24-19-12-21(33-3)22(34-4)13-20(19)27-25(32(24)30-23)35-14-17-5-7-18(26)8-6-17/h5-8,11-13H,9-10,14H2,1-4H3. The number of benzene rings is 2. The summed E-state index contributed by atoms with van der Waals surface area (Å²) in [6, 6.07) is 12.3. The lowest BCUT2D eigenvalue weighted by molar-refractivity contribution is 0.355. The molecule has 5 rings (SSSR count). The number of fused-ring (bicyclic) bond motifs is 3. The molecule has 0 saturated carbocycles. The van der Waals surface area contributed by atoms with Crippen LogP contribution in [0.5, 0.6) is 11.5 Å². The molecule has 0 spiro atoms. The first kappa shape index (κ1) is 23.1. The first-order valence-electron chi connectivity index (χ1n) is 11.1. The predicted octanol–water partition coefficient (Wildman–Crippen LogP) is 4.78. The minimum absolute atomic E-state index is 0.255. The molecule has 5 aromatic rings. The van der Waals surface area contributed by atoms with Gasteiger partial charge in [0.15, 0.2) is 28.1 Å². The number of hydrogen-bond donors (Lipinski definition) is 0. The van der Waals surface area contributed by atoms with Crippen LogP contribution in [-0.4, -0.2) is 43.6 Å². The summed E-state index contributed by atoms with van der Waals surface area (Å²) in [5.41, 5.74) is 4.51. The van der Waals surface area contributed by atoms with Crippen molar-refractivity contribution in [1.29, 1.82) is 0 Å². The van der Waals surface area contributed by atoms with Gasteiger partial charge in [-0.25, -0.2) is 14.4 Å². The highest BCUT2D eigenvalue weighted by Crippen LogP contribution is 2.34. The van der Waals surface area contributed by atoms with E-state index >= 15 is 0 Å². The second-order valence-corrected chi connectivity index (χ2v) is 9.14. The number of hydrogen-bond acceptors (Lipinski definition) is 7. The van der Waals surface area contributed by atoms with Gasteiger partial charge in [-0.15, -0.1) is 5.10 Å². The number of rotatable bonds is 8. The molecule has 3 aromatic heterocycles. The van der Waals surface area contributed by atoms with E-state index in [4.69, 9.17) is 24.5 Å². The van der Waals surface area contributed by atoms with Crippen LogP contribution in [0, 0.1) is 19.7 Å². The molecule has 0 amide bonds. The Hall–Kier alpha value is -3.66. The van der Waals surface area contributed by atoms with Crippen LogP contribution in [0.4, 0.5) is 4.39 Å². The Kier molecular flexibility index (Phi) is 6.29. The lowest BCUT2D eigenvalue weighted by Gasteiger charge is -2.11. The summed E-state index contributed by atoms with van der Waals surface area (Å²) in [5.74, 6) is 2.25. The second-order valence-electron chi connectivity index (χ2n) is 8.20. The molecule has 0 N–H and O–H groups in total. The van der Waals surface area contributed by atoms with Gasteiger partial charge in [0.25, 0.3) is 0 Å². The molecule has 0 aliphatic carbocycles. The van der Waals surface area contributed by atoms with Crippen LogP contribution in [0.3, 0.4) is 0 Å². The van der Waals surface area contributed by atoms with Gasteiger partial charge in [0, 0.05) is 35.9 Å². The Morgan fingerprint density at radius 3 is 2.37 bits per heavy atom. The molecule has 3 heterocycles. The molecule has 8 nitrogen and oxygen atoms in total. The Morgan fingerprint density at radius 1 is 0.943 bits per heavy atom. The molecule has 0 unspecified atom stereocenters. The van der Waals surface area contributed by atoms with Gasteiger partial charge in [-0.2, -0.15) is 9.61 Å². The SMILES string of the molecule is COc1cc2nc(SCc3ccc(F)cc3)n3nc(CCn4nc(C)cc4C)nc3c2cc1OC. The summed E-state index contributed by atoms with van der Waals surface area (Å²) in [6.07, 6.45) is 0.625. The highest BCUT2D eigenvalue weighted by atomic mass is 32.2. The van der Waals surface area contributed by atoms with E-state index in [2.05, 4.69) is 11.2 Å². The number of aryl methyl sites for hydroxylation is 4. The van der Waals surface area contributed by atoms with E-state index < -0.39 is 0 Å². The average Bonchev–Trinajstić information content (AvgIpc) is 3.43. The third kappa shape index (κ3) is 4.66. The molecule has 0 aliphatic heterocycles. The lowest BCUT2D eigenvalue weighted by atomic mass is 10.2. The molecule has 0 fully saturated rings. The van der Waals surface area contributed by atoms with Gasteiger partial charge in [0.2, 0.25) is 0 Å². The quantitative estimate of drug-likeness (QED) is 0.228. The predicted molar refractivity (Wildman–Crippen MR) is 133 cm³/mol. The van der Waals surface area contributed by atoms with Crippen molar-refractivity contribution in [2.24, 2.45) is 0 Å². The Bertz CT molecular complexity index is 1510. The normalized spacial score (nSPS) is 11.5. The van der Waals surface area contributed by atoms with E-state index in [1.165, 1.54) is 23.9 Å². The topological polar surface area (TPSA) is 79.4 Å². The van der Waals surface area contributed by atoms with Crippen LogP contribution in [0.25, 0.3) is 16.6 Å². The van der Waals surface area contributed by atoms with Crippen molar-refractivity contribution in [3.05, 3.63) is 71.1 Å². The van der Waals surface area contributed by atoms with Crippen molar-refractivity contribution in [2.75, 3.05) is 14.2 Å².